The van der Waals surface area contributed by atoms with Crippen molar-refractivity contribution in [3.8, 4) is 5.75 Å². The van der Waals surface area contributed by atoms with Crippen molar-refractivity contribution in [3.05, 3.63) is 67.7 Å². The van der Waals surface area contributed by atoms with Crippen LogP contribution in [0.25, 0.3) is 10.4 Å². The molecule has 206 valence electrons. The van der Waals surface area contributed by atoms with Gasteiger partial charge in [-0.15, -0.1) is 0 Å². The maximum absolute atomic E-state index is 13.6. The zero-order valence-corrected chi connectivity index (χ0v) is 21.4. The lowest BCUT2D eigenvalue weighted by Crippen LogP contribution is -2.38. The molecule has 1 fully saturated rings. The zero-order valence-electron chi connectivity index (χ0n) is 20.5. The monoisotopic (exact) mass is 554 g/mol. The number of hydrogen-bond donors (Lipinski definition) is 4. The summed E-state index contributed by atoms with van der Waals surface area (Å²) in [6.45, 7) is 4.02. The molecule has 1 aromatic carbocycles. The van der Waals surface area contributed by atoms with Gasteiger partial charge in [0.25, 0.3) is 5.56 Å². The van der Waals surface area contributed by atoms with Crippen molar-refractivity contribution in [2.75, 3.05) is 6.61 Å². The Morgan fingerprint density at radius 3 is 2.58 bits per heavy atom. The number of carbonyl (C=O) groups is 1. The van der Waals surface area contributed by atoms with E-state index in [2.05, 4.69) is 15.1 Å². The van der Waals surface area contributed by atoms with Gasteiger partial charge in [0.05, 0.1) is 12.7 Å². The summed E-state index contributed by atoms with van der Waals surface area (Å²) < 4.78 is 35.9. The molecule has 1 aliphatic rings. The zero-order chi connectivity index (χ0) is 28.0. The van der Waals surface area contributed by atoms with Crippen LogP contribution in [0.2, 0.25) is 0 Å². The molecule has 3 rings (SSSR count). The molecule has 1 aromatic heterocycles. The fourth-order valence-corrected chi connectivity index (χ4v) is 4.95. The lowest BCUT2D eigenvalue weighted by atomic mass is 10.1. The van der Waals surface area contributed by atoms with Crippen LogP contribution in [0.15, 0.2) is 51.1 Å². The summed E-state index contributed by atoms with van der Waals surface area (Å²) in [6, 6.07) is 7.59. The van der Waals surface area contributed by atoms with Gasteiger partial charge in [-0.1, -0.05) is 18.2 Å². The van der Waals surface area contributed by atoms with Gasteiger partial charge in [0.15, 0.2) is 6.23 Å². The van der Waals surface area contributed by atoms with E-state index in [1.54, 1.807) is 32.0 Å². The highest BCUT2D eigenvalue weighted by atomic mass is 31.2. The Morgan fingerprint density at radius 2 is 1.95 bits per heavy atom. The van der Waals surface area contributed by atoms with Gasteiger partial charge >= 0.3 is 19.4 Å². The van der Waals surface area contributed by atoms with E-state index >= 15 is 0 Å². The van der Waals surface area contributed by atoms with E-state index in [9.17, 15) is 29.2 Å². The van der Waals surface area contributed by atoms with Crippen molar-refractivity contribution < 1.29 is 38.1 Å². The molecule has 1 aliphatic heterocycles. The van der Waals surface area contributed by atoms with Crippen LogP contribution in [0.4, 0.5) is 5.82 Å². The van der Waals surface area contributed by atoms with Gasteiger partial charge in [0, 0.05) is 11.0 Å². The summed E-state index contributed by atoms with van der Waals surface area (Å²) in [7, 11) is -4.33. The lowest BCUT2D eigenvalue weighted by molar-refractivity contribution is -0.149. The maximum Gasteiger partial charge on any atom is 0.459 e. The normalized spacial score (nSPS) is 23.3. The molecule has 0 spiro atoms. The number of rotatable bonds is 11. The number of aliphatic hydroxyl groups excluding tert-OH is 2. The van der Waals surface area contributed by atoms with Gasteiger partial charge in [-0.25, -0.2) is 9.36 Å². The smallest absolute Gasteiger partial charge is 0.459 e. The van der Waals surface area contributed by atoms with Crippen LogP contribution in [0.1, 0.15) is 27.0 Å². The number of esters is 1. The highest BCUT2D eigenvalue weighted by molar-refractivity contribution is 7.52. The van der Waals surface area contributed by atoms with Gasteiger partial charge in [-0.05, 0) is 43.5 Å². The fraction of sp³-hybridized carbons (Fsp3) is 0.476. The second-order valence-electron chi connectivity index (χ2n) is 8.44. The number of para-hydroxylation sites is 1. The summed E-state index contributed by atoms with van der Waals surface area (Å²) in [6.07, 6.45) is -6.84. The second kappa shape index (κ2) is 12.4. The number of aromatic nitrogens is 2. The van der Waals surface area contributed by atoms with E-state index in [4.69, 9.17) is 24.1 Å². The van der Waals surface area contributed by atoms with Crippen LogP contribution >= 0.6 is 7.75 Å². The van der Waals surface area contributed by atoms with Crippen LogP contribution in [-0.4, -0.2) is 62.8 Å². The minimum Gasteiger partial charge on any atom is -0.462 e. The third-order valence-electron chi connectivity index (χ3n) is 5.13. The molecule has 2 heterocycles. The third kappa shape index (κ3) is 7.08. The molecule has 1 saturated heterocycles. The number of aliphatic hydroxyl groups is 2. The molecule has 4 N–H and O–H groups in total. The number of nitrogens with one attached hydrogen (secondary N) is 2. The van der Waals surface area contributed by atoms with Crippen LogP contribution in [0.3, 0.4) is 0 Å². The molecule has 17 heteroatoms. The summed E-state index contributed by atoms with van der Waals surface area (Å²) in [5.74, 6) is -1.06. The molecular weight excluding hydrogens is 527 g/mol. The Balaban J connectivity index is 1.82. The van der Waals surface area contributed by atoms with E-state index in [-0.39, 0.29) is 5.75 Å². The number of hydrogen-bond acceptors (Lipinski definition) is 11. The standard InChI is InChI=1S/C21H27N6O10P/c1-11(2)35-20(31)12(3)25-38(33,37-13-7-5-4-6-8-13)34-10-14-17(29)18(30)19(36-14)27-15(24-26-22)9-16(28)23-21(27)32/h4-9,11-12,14,17-19,29-30H,10H2,1-3H3,(H,25,33)(H,23,28,32)/t12-,14+,17+,18+,19+,38?/m0/s1. The predicted molar refractivity (Wildman–Crippen MR) is 131 cm³/mol. The average molecular weight is 554 g/mol. The van der Waals surface area contributed by atoms with Gasteiger partial charge in [0.2, 0.25) is 0 Å². The summed E-state index contributed by atoms with van der Waals surface area (Å²) in [4.78, 5) is 40.7. The van der Waals surface area contributed by atoms with Crippen LogP contribution < -0.4 is 20.9 Å². The third-order valence-corrected chi connectivity index (χ3v) is 6.77. The number of ether oxygens (including phenoxy) is 2. The second-order valence-corrected chi connectivity index (χ2v) is 10.1. The predicted octanol–water partition coefficient (Wildman–Crippen LogP) is 1.23. The summed E-state index contributed by atoms with van der Waals surface area (Å²) in [5, 5.41) is 26.8. The number of H-pyrrole nitrogens is 1. The molecule has 38 heavy (non-hydrogen) atoms. The highest BCUT2D eigenvalue weighted by Crippen LogP contribution is 2.46. The largest absolute Gasteiger partial charge is 0.462 e. The van der Waals surface area contributed by atoms with Gasteiger partial charge in [0.1, 0.15) is 35.9 Å². The summed E-state index contributed by atoms with van der Waals surface area (Å²) >= 11 is 0. The molecular formula is C21H27N6O10P. The molecule has 0 aliphatic carbocycles. The Morgan fingerprint density at radius 1 is 1.26 bits per heavy atom. The van der Waals surface area contributed by atoms with Crippen molar-refractivity contribution in [2.45, 2.75) is 57.5 Å². The van der Waals surface area contributed by atoms with E-state index in [1.165, 1.54) is 19.1 Å². The van der Waals surface area contributed by atoms with E-state index < -0.39 is 74.1 Å². The number of aromatic amines is 1. The van der Waals surface area contributed by atoms with Crippen LogP contribution in [0.5, 0.6) is 5.75 Å². The van der Waals surface area contributed by atoms with Crippen LogP contribution in [0, 0.1) is 0 Å². The average Bonchev–Trinajstić information content (AvgIpc) is 3.11. The quantitative estimate of drug-likeness (QED) is 0.101. The van der Waals surface area contributed by atoms with Gasteiger partial charge in [-0.3, -0.25) is 23.7 Å². The summed E-state index contributed by atoms with van der Waals surface area (Å²) in [5.41, 5.74) is 6.83. The highest BCUT2D eigenvalue weighted by Gasteiger charge is 2.46. The van der Waals surface area contributed by atoms with Crippen molar-refractivity contribution >= 4 is 19.5 Å². The first-order valence-corrected chi connectivity index (χ1v) is 12.9. The van der Waals surface area contributed by atoms with Gasteiger partial charge in [-0.2, -0.15) is 5.09 Å². The van der Waals surface area contributed by atoms with Crippen molar-refractivity contribution in [2.24, 2.45) is 5.11 Å². The Bertz CT molecular complexity index is 1340. The topological polar surface area (TPSA) is 227 Å². The SMILES string of the molecule is CC(C)OC(=O)[C@H](C)NP(=O)(OC[C@H]1O[C@@H](n2c(N=[N+]=[N-])cc(=O)[nH]c2=O)[C@H](O)[C@@H]1O)Oc1ccccc1. The maximum atomic E-state index is 13.6. The number of nitrogens with zero attached hydrogens (tertiary/aromatic N) is 4. The molecule has 0 saturated carbocycles. The minimum absolute atomic E-state index is 0.136. The number of carbonyl (C=O) groups excluding carboxylic acids is 1. The first-order chi connectivity index (χ1) is 17.9. The van der Waals surface area contributed by atoms with Gasteiger partial charge < -0.3 is 24.2 Å². The Labute approximate surface area is 215 Å². The first-order valence-electron chi connectivity index (χ1n) is 11.3. The number of benzene rings is 1. The molecule has 0 bridgehead atoms. The van der Waals surface area contributed by atoms with Crippen LogP contribution in [-0.2, 0) is 23.4 Å². The van der Waals surface area contributed by atoms with E-state index in [0.717, 1.165) is 6.07 Å². The number of azide groups is 1. The minimum atomic E-state index is -4.33. The fourth-order valence-electron chi connectivity index (χ4n) is 3.45. The molecule has 2 aromatic rings. The molecule has 1 unspecified atom stereocenters. The van der Waals surface area contributed by atoms with E-state index in [1.807, 2.05) is 4.98 Å². The molecule has 16 nitrogen and oxygen atoms in total. The van der Waals surface area contributed by atoms with Crippen molar-refractivity contribution in [1.82, 2.24) is 14.6 Å². The first kappa shape index (κ1) is 29.1. The van der Waals surface area contributed by atoms with Crippen molar-refractivity contribution in [3.63, 3.8) is 0 Å². The molecule has 0 amide bonds. The Kier molecular flexibility index (Phi) is 9.46. The lowest BCUT2D eigenvalue weighted by Gasteiger charge is -2.25. The molecule has 0 radical (unpaired) electrons. The van der Waals surface area contributed by atoms with Crippen molar-refractivity contribution in [1.29, 1.82) is 0 Å². The van der Waals surface area contributed by atoms with E-state index in [0.29, 0.717) is 4.57 Å². The Hall–Kier alpha value is -3.49. The molecule has 6 atom stereocenters.